The molecule has 0 saturated carbocycles. The summed E-state index contributed by atoms with van der Waals surface area (Å²) in [4.78, 5) is 31.4. The van der Waals surface area contributed by atoms with Crippen molar-refractivity contribution in [2.24, 2.45) is 11.7 Å². The smallest absolute Gasteiger partial charge is 0.275 e. The van der Waals surface area contributed by atoms with E-state index < -0.39 is 5.91 Å². The van der Waals surface area contributed by atoms with Crippen LogP contribution in [0.2, 0.25) is 0 Å². The third kappa shape index (κ3) is 2.50. The number of hydrogen-bond donors (Lipinski definition) is 1. The Morgan fingerprint density at radius 3 is 3.05 bits per heavy atom. The quantitative estimate of drug-likeness (QED) is 0.619. The van der Waals surface area contributed by atoms with Crippen LogP contribution in [0.3, 0.4) is 0 Å². The number of aromatic nitrogens is 1. The fourth-order valence-electron chi connectivity index (χ4n) is 3.77. The normalized spacial score (nSPS) is 29.3. The number of pyridine rings is 1. The van der Waals surface area contributed by atoms with Gasteiger partial charge in [0.15, 0.2) is 0 Å². The highest BCUT2D eigenvalue weighted by Gasteiger charge is 2.49. The number of fused-ring (bicyclic) bond motifs is 2. The number of nitrogens with two attached hydrogens (primary N) is 1. The number of nitrogens with zero attached hydrogens (tertiary/aromatic N) is 3. The van der Waals surface area contributed by atoms with Crippen LogP contribution in [0.4, 0.5) is 0 Å². The van der Waals surface area contributed by atoms with Gasteiger partial charge in [-0.1, -0.05) is 12.6 Å². The van der Waals surface area contributed by atoms with E-state index in [1.54, 1.807) is 6.20 Å². The number of rotatable bonds is 5. The highest BCUT2D eigenvalue weighted by molar-refractivity contribution is 5.98. The first-order valence-electron chi connectivity index (χ1n) is 7.47. The molecule has 0 aromatic carbocycles. The summed E-state index contributed by atoms with van der Waals surface area (Å²) >= 11 is 0. The lowest BCUT2D eigenvalue weighted by atomic mass is 9.89. The van der Waals surface area contributed by atoms with E-state index in [-0.39, 0.29) is 17.8 Å². The largest absolute Gasteiger partial charge is 0.395 e. The predicted molar refractivity (Wildman–Crippen MR) is 81.4 cm³/mol. The van der Waals surface area contributed by atoms with Gasteiger partial charge in [-0.2, -0.15) is 0 Å². The second-order valence-corrected chi connectivity index (χ2v) is 6.01. The van der Waals surface area contributed by atoms with Crippen molar-refractivity contribution in [1.82, 2.24) is 14.8 Å². The van der Waals surface area contributed by atoms with Gasteiger partial charge in [0.1, 0.15) is 0 Å². The molecule has 2 N–H and O–H groups in total. The molecule has 22 heavy (non-hydrogen) atoms. The monoisotopic (exact) mass is 300 g/mol. The number of piperidine rings is 1. The second kappa shape index (κ2) is 5.88. The average molecular weight is 300 g/mol. The van der Waals surface area contributed by atoms with Crippen molar-refractivity contribution in [3.8, 4) is 0 Å². The molecule has 4 unspecified atom stereocenters. The molecule has 0 aliphatic carbocycles. The Bertz CT molecular complexity index is 589. The zero-order valence-electron chi connectivity index (χ0n) is 12.4. The van der Waals surface area contributed by atoms with E-state index in [1.807, 2.05) is 18.3 Å². The van der Waals surface area contributed by atoms with Crippen molar-refractivity contribution < 1.29 is 9.59 Å². The van der Waals surface area contributed by atoms with Crippen LogP contribution < -0.4 is 5.73 Å². The van der Waals surface area contributed by atoms with Crippen LogP contribution in [0.1, 0.15) is 12.0 Å². The lowest BCUT2D eigenvalue weighted by Crippen LogP contribution is -2.53. The zero-order chi connectivity index (χ0) is 15.7. The molecule has 1 aromatic rings. The number of carbonyl (C=O) groups is 2. The molecule has 2 bridgehead atoms. The molecule has 2 saturated heterocycles. The Balaban J connectivity index is 1.85. The first-order valence-corrected chi connectivity index (χ1v) is 7.47. The maximum absolute atomic E-state index is 12.2. The fourth-order valence-corrected chi connectivity index (χ4v) is 3.77. The van der Waals surface area contributed by atoms with Crippen LogP contribution in [0.5, 0.6) is 0 Å². The van der Waals surface area contributed by atoms with Gasteiger partial charge >= 0.3 is 0 Å². The summed E-state index contributed by atoms with van der Waals surface area (Å²) in [5.74, 6) is -0.167. The summed E-state index contributed by atoms with van der Waals surface area (Å²) in [6.07, 6.45) is 5.94. The van der Waals surface area contributed by atoms with E-state index in [1.165, 1.54) is 4.90 Å². The summed E-state index contributed by atoms with van der Waals surface area (Å²) in [5, 5.41) is 0. The molecule has 116 valence electrons. The Kier molecular flexibility index (Phi) is 3.94. The summed E-state index contributed by atoms with van der Waals surface area (Å²) in [5.41, 5.74) is 6.52. The Labute approximate surface area is 129 Å². The van der Waals surface area contributed by atoms with E-state index in [9.17, 15) is 9.59 Å². The molecule has 6 nitrogen and oxygen atoms in total. The van der Waals surface area contributed by atoms with Crippen molar-refractivity contribution in [2.45, 2.75) is 24.9 Å². The van der Waals surface area contributed by atoms with Gasteiger partial charge in [0.05, 0.1) is 11.7 Å². The van der Waals surface area contributed by atoms with Crippen molar-refractivity contribution in [3.05, 3.63) is 42.4 Å². The minimum atomic E-state index is -0.482. The molecule has 2 amide bonds. The first kappa shape index (κ1) is 14.7. The van der Waals surface area contributed by atoms with Crippen molar-refractivity contribution in [3.63, 3.8) is 0 Å². The van der Waals surface area contributed by atoms with Crippen LogP contribution in [0.25, 0.3) is 0 Å². The Morgan fingerprint density at radius 2 is 2.41 bits per heavy atom. The summed E-state index contributed by atoms with van der Waals surface area (Å²) < 4.78 is 0. The molecule has 2 aliphatic heterocycles. The molecule has 2 fully saturated rings. The van der Waals surface area contributed by atoms with Crippen LogP contribution in [0, 0.1) is 5.92 Å². The Morgan fingerprint density at radius 1 is 1.59 bits per heavy atom. The van der Waals surface area contributed by atoms with Gasteiger partial charge < -0.3 is 5.73 Å². The topological polar surface area (TPSA) is 79.5 Å². The van der Waals surface area contributed by atoms with Crippen LogP contribution in [-0.4, -0.2) is 52.3 Å². The number of carbonyl (C=O) groups excluding carboxylic acids is 2. The highest BCUT2D eigenvalue weighted by Crippen LogP contribution is 2.37. The number of amides is 2. The number of imide groups is 1. The first-order chi connectivity index (χ1) is 10.6. The zero-order valence-corrected chi connectivity index (χ0v) is 12.4. The van der Waals surface area contributed by atoms with E-state index in [4.69, 9.17) is 5.73 Å². The van der Waals surface area contributed by atoms with Gasteiger partial charge in [-0.05, 0) is 36.9 Å². The van der Waals surface area contributed by atoms with E-state index in [0.29, 0.717) is 12.3 Å². The van der Waals surface area contributed by atoms with Gasteiger partial charge in [0.2, 0.25) is 6.41 Å². The summed E-state index contributed by atoms with van der Waals surface area (Å²) in [7, 11) is 0. The lowest BCUT2D eigenvalue weighted by Gasteiger charge is -2.37. The molecular weight excluding hydrogens is 280 g/mol. The average Bonchev–Trinajstić information content (AvgIpc) is 3.11. The van der Waals surface area contributed by atoms with Crippen molar-refractivity contribution >= 4 is 12.3 Å². The van der Waals surface area contributed by atoms with Crippen molar-refractivity contribution in [2.75, 3.05) is 13.1 Å². The molecule has 2 aliphatic rings. The standard InChI is InChI=1S/C16H20N4O2/c1-11(17)16(22)20(10-21)15-13-4-6-19(9-13)14(15)7-12-3-2-5-18-8-12/h2-3,5,8,10,13-15H,1,4,6-7,9,17H2. The van der Waals surface area contributed by atoms with E-state index in [0.717, 1.165) is 31.5 Å². The minimum absolute atomic E-state index is 0.0926. The molecule has 4 atom stereocenters. The predicted octanol–water partition coefficient (Wildman–Crippen LogP) is 0.154. The lowest BCUT2D eigenvalue weighted by molar-refractivity contribution is -0.139. The van der Waals surface area contributed by atoms with Gasteiger partial charge in [-0.3, -0.25) is 24.4 Å². The minimum Gasteiger partial charge on any atom is -0.395 e. The SMILES string of the molecule is C=C(N)C(=O)N(C=O)C1C2CCN(C2)C1Cc1cccnc1. The van der Waals surface area contributed by atoms with Crippen LogP contribution >= 0.6 is 0 Å². The van der Waals surface area contributed by atoms with Gasteiger partial charge in [0.25, 0.3) is 5.91 Å². The fraction of sp³-hybridized carbons (Fsp3) is 0.438. The molecule has 0 radical (unpaired) electrons. The molecular formula is C16H20N4O2. The summed E-state index contributed by atoms with van der Waals surface area (Å²) in [6.45, 7) is 5.40. The maximum Gasteiger partial charge on any atom is 0.275 e. The molecule has 3 rings (SSSR count). The van der Waals surface area contributed by atoms with Gasteiger partial charge in [0, 0.05) is 25.0 Å². The Hall–Kier alpha value is -2.21. The second-order valence-electron chi connectivity index (χ2n) is 6.01. The third-order valence-corrected chi connectivity index (χ3v) is 4.71. The van der Waals surface area contributed by atoms with Crippen LogP contribution in [-0.2, 0) is 16.0 Å². The molecule has 3 heterocycles. The molecule has 0 spiro atoms. The van der Waals surface area contributed by atoms with E-state index in [2.05, 4.69) is 16.5 Å². The number of hydrogen-bond acceptors (Lipinski definition) is 5. The highest BCUT2D eigenvalue weighted by atomic mass is 16.2. The van der Waals surface area contributed by atoms with Crippen molar-refractivity contribution in [1.29, 1.82) is 0 Å². The van der Waals surface area contributed by atoms with Crippen LogP contribution in [0.15, 0.2) is 36.8 Å². The van der Waals surface area contributed by atoms with Gasteiger partial charge in [-0.15, -0.1) is 0 Å². The maximum atomic E-state index is 12.2. The third-order valence-electron chi connectivity index (χ3n) is 4.71. The molecule has 6 heteroatoms. The summed E-state index contributed by atoms with van der Waals surface area (Å²) in [6, 6.07) is 3.90. The van der Waals surface area contributed by atoms with E-state index >= 15 is 0 Å². The molecule has 1 aromatic heterocycles. The van der Waals surface area contributed by atoms with Gasteiger partial charge in [-0.25, -0.2) is 0 Å².